The number of halogens is 1. The van der Waals surface area contributed by atoms with Crippen molar-refractivity contribution in [2.24, 2.45) is 5.73 Å². The Morgan fingerprint density at radius 3 is 1.77 bits per heavy atom. The number of nitrogens with two attached hydrogens (primary N) is 1. The van der Waals surface area contributed by atoms with Crippen LogP contribution in [0.15, 0.2) is 0 Å². The van der Waals surface area contributed by atoms with Crippen molar-refractivity contribution in [1.29, 1.82) is 0 Å². The van der Waals surface area contributed by atoms with Crippen LogP contribution in [0.25, 0.3) is 0 Å². The average molecular weight is 408 g/mol. The van der Waals surface area contributed by atoms with Crippen molar-refractivity contribution in [3.63, 3.8) is 0 Å². The number of rotatable bonds is 14. The lowest BCUT2D eigenvalue weighted by molar-refractivity contribution is 0.112. The van der Waals surface area contributed by atoms with E-state index in [9.17, 15) is 0 Å². The molecule has 0 unspecified atom stereocenters. The Kier molecular flexibility index (Phi) is 14.6. The molecule has 5 heteroatoms. The zero-order chi connectivity index (χ0) is 18.6. The molecule has 0 heterocycles. The second kappa shape index (κ2) is 14.4. The molecule has 0 aliphatic heterocycles. The molecule has 1 aliphatic rings. The smallest absolute Gasteiger partial charge is 0.0633 e. The van der Waals surface area contributed by atoms with Crippen molar-refractivity contribution >= 4 is 20.5 Å². The van der Waals surface area contributed by atoms with E-state index in [-0.39, 0.29) is 25.6 Å². The number of hydrogen-bond acceptors (Lipinski definition) is 3. The summed E-state index contributed by atoms with van der Waals surface area (Å²) in [5.74, 6) is 0. The quantitative estimate of drug-likeness (QED) is 0.257. The molecule has 1 saturated carbocycles. The van der Waals surface area contributed by atoms with E-state index in [1.807, 2.05) is 0 Å². The van der Waals surface area contributed by atoms with Crippen LogP contribution < -0.4 is 5.73 Å². The number of aliphatic hydroxyl groups excluding tert-OH is 2. The van der Waals surface area contributed by atoms with Gasteiger partial charge < -0.3 is 15.9 Å². The summed E-state index contributed by atoms with van der Waals surface area (Å²) >= 11 is 0. The molecule has 4 N–H and O–H groups in total. The Morgan fingerprint density at radius 2 is 1.27 bits per heavy atom. The second-order valence-corrected chi connectivity index (χ2v) is 14.6. The molecule has 1 aliphatic carbocycles. The van der Waals surface area contributed by atoms with Crippen LogP contribution in [0.1, 0.15) is 89.9 Å². The van der Waals surface area contributed by atoms with Crippen molar-refractivity contribution in [3.8, 4) is 0 Å². The van der Waals surface area contributed by atoms with Gasteiger partial charge in [0, 0.05) is 0 Å². The van der Waals surface area contributed by atoms with E-state index in [0.29, 0.717) is 0 Å². The summed E-state index contributed by atoms with van der Waals surface area (Å²) in [6.45, 7) is 5.03. The first kappa shape index (κ1) is 26.4. The first-order valence-electron chi connectivity index (χ1n) is 10.9. The minimum Gasteiger partial charge on any atom is -0.394 e. The molecular weight excluding hydrogens is 362 g/mol. The fraction of sp³-hybridized carbons (Fsp3) is 1.00. The summed E-state index contributed by atoms with van der Waals surface area (Å²) < 4.78 is 0. The lowest BCUT2D eigenvalue weighted by Crippen LogP contribution is -2.47. The van der Waals surface area contributed by atoms with E-state index < -0.39 is 13.6 Å². The SMILES string of the molecule is C[Si](C)(CCCCCCCCCCC(N)(CO)CO)C1CCCCC1.Cl. The summed E-state index contributed by atoms with van der Waals surface area (Å²) in [4.78, 5) is 0. The van der Waals surface area contributed by atoms with Crippen LogP contribution >= 0.6 is 12.4 Å². The second-order valence-electron chi connectivity index (χ2n) is 9.33. The third kappa shape index (κ3) is 10.7. The maximum absolute atomic E-state index is 9.17. The van der Waals surface area contributed by atoms with Gasteiger partial charge in [0.15, 0.2) is 0 Å². The molecule has 1 fully saturated rings. The minimum atomic E-state index is -0.967. The monoisotopic (exact) mass is 407 g/mol. The van der Waals surface area contributed by atoms with Gasteiger partial charge >= 0.3 is 0 Å². The Balaban J connectivity index is 0.00000625. The van der Waals surface area contributed by atoms with Gasteiger partial charge in [-0.05, 0) is 12.0 Å². The fourth-order valence-corrected chi connectivity index (χ4v) is 7.96. The summed E-state index contributed by atoms with van der Waals surface area (Å²) in [7, 11) is -0.967. The number of aliphatic hydroxyl groups is 2. The van der Waals surface area contributed by atoms with Crippen molar-refractivity contribution in [3.05, 3.63) is 0 Å². The van der Waals surface area contributed by atoms with Gasteiger partial charge in [0.25, 0.3) is 0 Å². The third-order valence-corrected chi connectivity index (χ3v) is 11.0. The van der Waals surface area contributed by atoms with E-state index in [1.54, 1.807) is 6.04 Å². The average Bonchev–Trinajstić information content (AvgIpc) is 2.63. The van der Waals surface area contributed by atoms with Gasteiger partial charge in [0.1, 0.15) is 0 Å². The first-order chi connectivity index (χ1) is 11.9. The van der Waals surface area contributed by atoms with Gasteiger partial charge in [-0.25, -0.2) is 0 Å². The summed E-state index contributed by atoms with van der Waals surface area (Å²) in [6, 6.07) is 1.54. The standard InChI is InChI=1S/C21H45NO2Si.ClH/c1-25(2,20-14-10-9-11-15-20)17-13-8-6-4-3-5-7-12-16-21(22,18-23)19-24;/h20,23-24H,3-19,22H2,1-2H3;1H. The van der Waals surface area contributed by atoms with Crippen LogP contribution in [0.5, 0.6) is 0 Å². The maximum atomic E-state index is 9.17. The summed E-state index contributed by atoms with van der Waals surface area (Å²) in [6.07, 6.45) is 18.6. The van der Waals surface area contributed by atoms with Gasteiger partial charge in [0.2, 0.25) is 0 Å². The van der Waals surface area contributed by atoms with Crippen LogP contribution in [0, 0.1) is 0 Å². The normalized spacial score (nSPS) is 16.5. The van der Waals surface area contributed by atoms with Crippen molar-refractivity contribution < 1.29 is 10.2 Å². The van der Waals surface area contributed by atoms with Crippen LogP contribution in [-0.2, 0) is 0 Å². The van der Waals surface area contributed by atoms with E-state index in [4.69, 9.17) is 15.9 Å². The summed E-state index contributed by atoms with van der Waals surface area (Å²) in [5.41, 5.74) is 6.22. The molecule has 158 valence electrons. The molecule has 0 aromatic heterocycles. The lowest BCUT2D eigenvalue weighted by atomic mass is 9.94. The van der Waals surface area contributed by atoms with Crippen LogP contribution in [0.3, 0.4) is 0 Å². The Labute approximate surface area is 169 Å². The number of unbranched alkanes of at least 4 members (excludes halogenated alkanes) is 7. The molecule has 0 spiro atoms. The van der Waals surface area contributed by atoms with Crippen molar-refractivity contribution in [2.45, 2.75) is 120 Å². The predicted octanol–water partition coefficient (Wildman–Crippen LogP) is 5.64. The van der Waals surface area contributed by atoms with Crippen LogP contribution in [0.2, 0.25) is 24.7 Å². The highest BCUT2D eigenvalue weighted by Crippen LogP contribution is 2.39. The molecular formula is C21H46ClNO2Si. The van der Waals surface area contributed by atoms with Crippen LogP contribution in [0.4, 0.5) is 0 Å². The molecule has 0 aromatic carbocycles. The van der Waals surface area contributed by atoms with Gasteiger partial charge in [-0.3, -0.25) is 0 Å². The van der Waals surface area contributed by atoms with Crippen molar-refractivity contribution in [1.82, 2.24) is 0 Å². The van der Waals surface area contributed by atoms with Crippen LogP contribution in [-0.4, -0.2) is 37.0 Å². The fourth-order valence-electron chi connectivity index (χ4n) is 4.41. The van der Waals surface area contributed by atoms with E-state index in [0.717, 1.165) is 18.4 Å². The molecule has 3 nitrogen and oxygen atoms in total. The zero-order valence-electron chi connectivity index (χ0n) is 17.5. The van der Waals surface area contributed by atoms with Gasteiger partial charge in [-0.1, -0.05) is 103 Å². The first-order valence-corrected chi connectivity index (χ1v) is 14.2. The Hall–Kier alpha value is 0.387. The third-order valence-electron chi connectivity index (χ3n) is 6.59. The highest BCUT2D eigenvalue weighted by molar-refractivity contribution is 6.78. The predicted molar refractivity (Wildman–Crippen MR) is 119 cm³/mol. The molecule has 0 atom stereocenters. The zero-order valence-corrected chi connectivity index (χ0v) is 19.3. The van der Waals surface area contributed by atoms with E-state index in [2.05, 4.69) is 13.1 Å². The highest BCUT2D eigenvalue weighted by Gasteiger charge is 2.31. The molecule has 0 radical (unpaired) electrons. The van der Waals surface area contributed by atoms with Crippen molar-refractivity contribution in [2.75, 3.05) is 13.2 Å². The number of hydrogen-bond donors (Lipinski definition) is 3. The molecule has 0 aromatic rings. The molecule has 0 saturated heterocycles. The van der Waals surface area contributed by atoms with E-state index in [1.165, 1.54) is 77.0 Å². The largest absolute Gasteiger partial charge is 0.394 e. The molecule has 26 heavy (non-hydrogen) atoms. The van der Waals surface area contributed by atoms with Gasteiger partial charge in [0.05, 0.1) is 26.8 Å². The van der Waals surface area contributed by atoms with Gasteiger partial charge in [-0.15, -0.1) is 12.4 Å². The van der Waals surface area contributed by atoms with E-state index >= 15 is 0 Å². The highest BCUT2D eigenvalue weighted by atomic mass is 35.5. The molecule has 0 amide bonds. The Bertz CT molecular complexity index is 332. The minimum absolute atomic E-state index is 0. The Morgan fingerprint density at radius 1 is 0.808 bits per heavy atom. The summed E-state index contributed by atoms with van der Waals surface area (Å²) in [5, 5.41) is 18.3. The molecule has 0 bridgehead atoms. The lowest BCUT2D eigenvalue weighted by Gasteiger charge is -2.35. The topological polar surface area (TPSA) is 66.5 Å². The van der Waals surface area contributed by atoms with Gasteiger partial charge in [-0.2, -0.15) is 0 Å². The molecule has 1 rings (SSSR count). The maximum Gasteiger partial charge on any atom is 0.0633 e.